The highest BCUT2D eigenvalue weighted by Gasteiger charge is 2.38. The molecule has 1 aromatic carbocycles. The quantitative estimate of drug-likeness (QED) is 0.845. The number of rotatable bonds is 1. The van der Waals surface area contributed by atoms with Gasteiger partial charge in [0.25, 0.3) is 0 Å². The molecule has 2 nitrogen and oxygen atoms in total. The third kappa shape index (κ3) is 2.42. The van der Waals surface area contributed by atoms with Crippen LogP contribution < -0.4 is 5.32 Å². The van der Waals surface area contributed by atoms with Crippen molar-refractivity contribution in [2.24, 2.45) is 0 Å². The van der Waals surface area contributed by atoms with Crippen LogP contribution in [-0.4, -0.2) is 23.8 Å². The first-order valence-corrected chi connectivity index (χ1v) is 7.68. The summed E-state index contributed by atoms with van der Waals surface area (Å²) in [7, 11) is 0. The molecule has 1 N–H and O–H groups in total. The van der Waals surface area contributed by atoms with E-state index in [1.165, 1.54) is 6.07 Å². The van der Waals surface area contributed by atoms with Crippen LogP contribution in [-0.2, 0) is 4.74 Å². The standard InChI is InChI=1S/C14H18FNOS/c15-12-4-2-1-3-11(12)13-5-8-17-14(16-13)6-9-18-10-7-14/h1-4,13,16H,5-10H2. The Bertz CT molecular complexity index is 415. The minimum Gasteiger partial charge on any atom is -0.360 e. The largest absolute Gasteiger partial charge is 0.360 e. The molecule has 2 fully saturated rings. The van der Waals surface area contributed by atoms with Gasteiger partial charge in [-0.2, -0.15) is 11.8 Å². The average Bonchev–Trinajstić information content (AvgIpc) is 2.40. The summed E-state index contributed by atoms with van der Waals surface area (Å²) in [6.07, 6.45) is 2.88. The van der Waals surface area contributed by atoms with Crippen molar-refractivity contribution in [3.8, 4) is 0 Å². The number of hydrogen-bond acceptors (Lipinski definition) is 3. The lowest BCUT2D eigenvalue weighted by molar-refractivity contribution is -0.116. The number of ether oxygens (including phenoxy) is 1. The maximum Gasteiger partial charge on any atom is 0.127 e. The van der Waals surface area contributed by atoms with E-state index in [2.05, 4.69) is 5.32 Å². The average molecular weight is 267 g/mol. The molecular weight excluding hydrogens is 249 g/mol. The molecule has 1 atom stereocenters. The summed E-state index contributed by atoms with van der Waals surface area (Å²) in [5.41, 5.74) is 0.564. The lowest BCUT2D eigenvalue weighted by atomic mass is 9.96. The molecule has 2 heterocycles. The molecule has 1 aromatic rings. The Morgan fingerprint density at radius 1 is 1.28 bits per heavy atom. The summed E-state index contributed by atoms with van der Waals surface area (Å²) in [4.78, 5) is 0. The SMILES string of the molecule is Fc1ccccc1C1CCOC2(CCSCC2)N1. The van der Waals surface area contributed by atoms with E-state index in [4.69, 9.17) is 4.74 Å². The first-order valence-electron chi connectivity index (χ1n) is 6.53. The van der Waals surface area contributed by atoms with E-state index >= 15 is 0 Å². The van der Waals surface area contributed by atoms with E-state index < -0.39 is 0 Å². The summed E-state index contributed by atoms with van der Waals surface area (Å²) in [6.45, 7) is 0.719. The fraction of sp³-hybridized carbons (Fsp3) is 0.571. The Hall–Kier alpha value is -0.580. The van der Waals surface area contributed by atoms with Crippen LogP contribution in [0, 0.1) is 5.82 Å². The predicted octanol–water partition coefficient (Wildman–Crippen LogP) is 3.10. The monoisotopic (exact) mass is 267 g/mol. The van der Waals surface area contributed by atoms with Crippen LogP contribution in [0.4, 0.5) is 4.39 Å². The van der Waals surface area contributed by atoms with E-state index in [-0.39, 0.29) is 17.6 Å². The van der Waals surface area contributed by atoms with E-state index in [0.29, 0.717) is 0 Å². The second-order valence-electron chi connectivity index (χ2n) is 4.96. The summed E-state index contributed by atoms with van der Waals surface area (Å²) >= 11 is 1.97. The predicted molar refractivity (Wildman–Crippen MR) is 72.1 cm³/mol. The molecule has 0 radical (unpaired) electrons. The van der Waals surface area contributed by atoms with Gasteiger partial charge in [0.1, 0.15) is 11.5 Å². The second kappa shape index (κ2) is 5.19. The van der Waals surface area contributed by atoms with Crippen molar-refractivity contribution in [2.45, 2.75) is 31.0 Å². The van der Waals surface area contributed by atoms with Gasteiger partial charge in [-0.3, -0.25) is 5.32 Å². The van der Waals surface area contributed by atoms with Gasteiger partial charge >= 0.3 is 0 Å². The van der Waals surface area contributed by atoms with Crippen LogP contribution in [0.2, 0.25) is 0 Å². The van der Waals surface area contributed by atoms with Crippen molar-refractivity contribution in [1.29, 1.82) is 0 Å². The summed E-state index contributed by atoms with van der Waals surface area (Å²) in [5, 5.41) is 3.55. The molecule has 2 aliphatic rings. The molecule has 4 heteroatoms. The minimum atomic E-state index is -0.212. The van der Waals surface area contributed by atoms with Crippen LogP contribution in [0.25, 0.3) is 0 Å². The van der Waals surface area contributed by atoms with Crippen LogP contribution in [0.1, 0.15) is 30.9 Å². The molecule has 1 spiro atoms. The maximum absolute atomic E-state index is 13.8. The summed E-state index contributed by atoms with van der Waals surface area (Å²) in [6, 6.07) is 7.15. The van der Waals surface area contributed by atoms with Crippen LogP contribution in [0.3, 0.4) is 0 Å². The summed E-state index contributed by atoms with van der Waals surface area (Å²) in [5.74, 6) is 2.13. The third-order valence-corrected chi connectivity index (χ3v) is 4.79. The van der Waals surface area contributed by atoms with Crippen molar-refractivity contribution < 1.29 is 9.13 Å². The van der Waals surface area contributed by atoms with Crippen molar-refractivity contribution in [2.75, 3.05) is 18.1 Å². The third-order valence-electron chi connectivity index (χ3n) is 3.80. The lowest BCUT2D eigenvalue weighted by Crippen LogP contribution is -2.55. The molecule has 18 heavy (non-hydrogen) atoms. The Labute approximate surface area is 111 Å². The molecule has 0 aromatic heterocycles. The van der Waals surface area contributed by atoms with Gasteiger partial charge in [-0.15, -0.1) is 0 Å². The number of hydrogen-bond donors (Lipinski definition) is 1. The first kappa shape index (κ1) is 12.5. The highest BCUT2D eigenvalue weighted by Crippen LogP contribution is 2.35. The number of nitrogens with one attached hydrogen (secondary N) is 1. The number of thioether (sulfide) groups is 1. The lowest BCUT2D eigenvalue weighted by Gasteiger charge is -2.44. The Morgan fingerprint density at radius 3 is 2.83 bits per heavy atom. The van der Waals surface area contributed by atoms with Crippen molar-refractivity contribution in [1.82, 2.24) is 5.32 Å². The van der Waals surface area contributed by atoms with E-state index in [1.54, 1.807) is 6.07 Å². The molecule has 0 saturated carbocycles. The molecule has 0 aliphatic carbocycles. The molecule has 1 unspecified atom stereocenters. The Balaban J connectivity index is 1.80. The Morgan fingerprint density at radius 2 is 2.06 bits per heavy atom. The van der Waals surface area contributed by atoms with Crippen molar-refractivity contribution in [3.63, 3.8) is 0 Å². The molecule has 3 rings (SSSR count). The fourth-order valence-electron chi connectivity index (χ4n) is 2.78. The van der Waals surface area contributed by atoms with Crippen molar-refractivity contribution in [3.05, 3.63) is 35.6 Å². The highest BCUT2D eigenvalue weighted by atomic mass is 32.2. The topological polar surface area (TPSA) is 21.3 Å². The normalized spacial score (nSPS) is 27.3. The number of benzene rings is 1. The highest BCUT2D eigenvalue weighted by molar-refractivity contribution is 7.99. The van der Waals surface area contributed by atoms with Crippen LogP contribution in [0.15, 0.2) is 24.3 Å². The molecule has 98 valence electrons. The smallest absolute Gasteiger partial charge is 0.127 e. The van der Waals surface area contributed by atoms with Gasteiger partial charge in [0.2, 0.25) is 0 Å². The Kier molecular flexibility index (Phi) is 3.59. The molecule has 0 amide bonds. The van der Waals surface area contributed by atoms with Gasteiger partial charge in [0.15, 0.2) is 0 Å². The minimum absolute atomic E-state index is 0.0862. The fourth-order valence-corrected chi connectivity index (χ4v) is 3.94. The van der Waals surface area contributed by atoms with Gasteiger partial charge in [-0.1, -0.05) is 18.2 Å². The van der Waals surface area contributed by atoms with Gasteiger partial charge in [0, 0.05) is 11.6 Å². The molecule has 2 saturated heterocycles. The van der Waals surface area contributed by atoms with Crippen molar-refractivity contribution >= 4 is 11.8 Å². The van der Waals surface area contributed by atoms with Gasteiger partial charge in [-0.25, -0.2) is 4.39 Å². The van der Waals surface area contributed by atoms with Crippen LogP contribution >= 0.6 is 11.8 Å². The molecule has 2 aliphatic heterocycles. The van der Waals surface area contributed by atoms with E-state index in [0.717, 1.165) is 42.9 Å². The zero-order valence-corrected chi connectivity index (χ0v) is 11.1. The van der Waals surface area contributed by atoms with Crippen LogP contribution in [0.5, 0.6) is 0 Å². The molecule has 0 bridgehead atoms. The van der Waals surface area contributed by atoms with E-state index in [1.807, 2.05) is 23.9 Å². The zero-order chi connectivity index (χ0) is 12.4. The van der Waals surface area contributed by atoms with E-state index in [9.17, 15) is 4.39 Å². The first-order chi connectivity index (χ1) is 8.79. The van der Waals surface area contributed by atoms with Gasteiger partial charge in [-0.05, 0) is 36.8 Å². The van der Waals surface area contributed by atoms with Gasteiger partial charge < -0.3 is 4.74 Å². The zero-order valence-electron chi connectivity index (χ0n) is 10.3. The van der Waals surface area contributed by atoms with Gasteiger partial charge in [0.05, 0.1) is 6.61 Å². The number of halogens is 1. The molecular formula is C14H18FNOS. The summed E-state index contributed by atoms with van der Waals surface area (Å²) < 4.78 is 19.8. The maximum atomic E-state index is 13.8. The second-order valence-corrected chi connectivity index (χ2v) is 6.19.